The van der Waals surface area contributed by atoms with E-state index in [4.69, 9.17) is 0 Å². The van der Waals surface area contributed by atoms with Gasteiger partial charge in [-0.3, -0.25) is 4.68 Å². The van der Waals surface area contributed by atoms with Crippen LogP contribution >= 0.6 is 0 Å². The molecule has 0 amide bonds. The molecule has 26 heavy (non-hydrogen) atoms. The molecule has 0 radical (unpaired) electrons. The highest BCUT2D eigenvalue weighted by molar-refractivity contribution is 5.87. The second-order valence-electron chi connectivity index (χ2n) is 7.55. The molecule has 2 N–H and O–H groups in total. The predicted octanol–water partition coefficient (Wildman–Crippen LogP) is 3.33. The number of aromatic nitrogens is 2. The molecule has 6 heteroatoms. The number of halogens is 1. The molecule has 0 saturated carbocycles. The summed E-state index contributed by atoms with van der Waals surface area (Å²) >= 11 is 0. The quantitative estimate of drug-likeness (QED) is 0.830. The summed E-state index contributed by atoms with van der Waals surface area (Å²) < 4.78 is 15.3. The van der Waals surface area contributed by atoms with E-state index in [1.165, 1.54) is 6.07 Å². The van der Waals surface area contributed by atoms with E-state index in [1.54, 1.807) is 12.1 Å². The van der Waals surface area contributed by atoms with Crippen LogP contribution in [0.1, 0.15) is 53.1 Å². The molecule has 1 aromatic heterocycles. The van der Waals surface area contributed by atoms with E-state index < -0.39 is 5.97 Å². The van der Waals surface area contributed by atoms with Crippen LogP contribution in [-0.4, -0.2) is 26.9 Å². The molecule has 140 valence electrons. The van der Waals surface area contributed by atoms with Gasteiger partial charge < -0.3 is 10.4 Å². The highest BCUT2D eigenvalue weighted by Gasteiger charge is 2.29. The molecule has 5 nitrogen and oxygen atoms in total. The Morgan fingerprint density at radius 3 is 2.92 bits per heavy atom. The number of hydrogen-bond acceptors (Lipinski definition) is 3. The molecule has 0 spiro atoms. The average Bonchev–Trinajstić information content (AvgIpc) is 2.93. The maximum Gasteiger partial charge on any atom is 0.356 e. The van der Waals surface area contributed by atoms with Crippen molar-refractivity contribution in [3.8, 4) is 0 Å². The smallest absolute Gasteiger partial charge is 0.356 e. The summed E-state index contributed by atoms with van der Waals surface area (Å²) in [6.07, 6.45) is 2.37. The molecular formula is C20H26FN3O2. The van der Waals surface area contributed by atoms with Crippen LogP contribution in [0.3, 0.4) is 0 Å². The number of fused-ring (bicyclic) bond motifs is 1. The van der Waals surface area contributed by atoms with Gasteiger partial charge in [-0.05, 0) is 55.4 Å². The number of benzene rings is 1. The summed E-state index contributed by atoms with van der Waals surface area (Å²) in [5.74, 6) is -0.792. The Balaban J connectivity index is 1.75. The van der Waals surface area contributed by atoms with Gasteiger partial charge in [0.2, 0.25) is 0 Å². The fourth-order valence-electron chi connectivity index (χ4n) is 3.62. The Morgan fingerprint density at radius 1 is 1.46 bits per heavy atom. The summed E-state index contributed by atoms with van der Waals surface area (Å²) in [4.78, 5) is 11.6. The lowest BCUT2D eigenvalue weighted by Gasteiger charge is -2.25. The fourth-order valence-corrected chi connectivity index (χ4v) is 3.62. The molecule has 0 fully saturated rings. The van der Waals surface area contributed by atoms with Crippen molar-refractivity contribution in [1.29, 1.82) is 0 Å². The third kappa shape index (κ3) is 3.96. The maximum atomic E-state index is 13.5. The number of nitrogens with zero attached hydrogens (tertiary/aromatic N) is 2. The maximum absolute atomic E-state index is 13.5. The van der Waals surface area contributed by atoms with E-state index in [0.29, 0.717) is 18.9 Å². The largest absolute Gasteiger partial charge is 0.476 e. The minimum Gasteiger partial charge on any atom is -0.476 e. The number of rotatable bonds is 6. The summed E-state index contributed by atoms with van der Waals surface area (Å²) in [5.41, 5.74) is 4.05. The topological polar surface area (TPSA) is 67.2 Å². The molecule has 0 unspecified atom stereocenters. The normalized spacial score (nSPS) is 16.7. The van der Waals surface area contributed by atoms with Gasteiger partial charge in [-0.15, -0.1) is 0 Å². The first-order valence-corrected chi connectivity index (χ1v) is 9.15. The van der Waals surface area contributed by atoms with Crippen LogP contribution in [0, 0.1) is 18.7 Å². The van der Waals surface area contributed by atoms with Crippen LogP contribution in [0.25, 0.3) is 0 Å². The highest BCUT2D eigenvalue weighted by atomic mass is 19.1. The number of aromatic carboxylic acids is 1. The van der Waals surface area contributed by atoms with E-state index in [-0.39, 0.29) is 17.6 Å². The van der Waals surface area contributed by atoms with Gasteiger partial charge in [-0.2, -0.15) is 5.10 Å². The summed E-state index contributed by atoms with van der Waals surface area (Å²) in [6.45, 7) is 7.47. The molecule has 1 heterocycles. The standard InChI is InChI=1S/C20H26FN3O2/c1-12(2)11-24-18-7-6-16(9-17(18)19(23-24)20(25)26)22-10-14-8-15(21)5-4-13(14)3/h4-5,8,12,16,22H,6-7,9-11H2,1-3H3,(H,25,26)/t16-/m1/s1. The third-order valence-corrected chi connectivity index (χ3v) is 4.98. The Hall–Kier alpha value is -2.21. The number of nitrogens with one attached hydrogen (secondary N) is 1. The van der Waals surface area contributed by atoms with Gasteiger partial charge in [-0.25, -0.2) is 9.18 Å². The number of hydrogen-bond donors (Lipinski definition) is 2. The van der Waals surface area contributed by atoms with Crippen molar-refractivity contribution in [1.82, 2.24) is 15.1 Å². The molecule has 0 aliphatic heterocycles. The van der Waals surface area contributed by atoms with E-state index in [0.717, 1.165) is 41.8 Å². The molecule has 1 aliphatic rings. The van der Waals surface area contributed by atoms with Crippen molar-refractivity contribution in [3.63, 3.8) is 0 Å². The van der Waals surface area contributed by atoms with Gasteiger partial charge >= 0.3 is 5.97 Å². The van der Waals surface area contributed by atoms with Crippen molar-refractivity contribution in [2.45, 2.75) is 59.2 Å². The van der Waals surface area contributed by atoms with Crippen LogP contribution in [0.2, 0.25) is 0 Å². The van der Waals surface area contributed by atoms with Gasteiger partial charge in [0.05, 0.1) is 0 Å². The van der Waals surface area contributed by atoms with Crippen LogP contribution in [0.4, 0.5) is 4.39 Å². The first-order valence-electron chi connectivity index (χ1n) is 9.15. The lowest BCUT2D eigenvalue weighted by Crippen LogP contribution is -2.35. The molecule has 1 atom stereocenters. The third-order valence-electron chi connectivity index (χ3n) is 4.98. The first kappa shape index (κ1) is 18.6. The van der Waals surface area contributed by atoms with Crippen molar-refractivity contribution < 1.29 is 14.3 Å². The Kier molecular flexibility index (Phi) is 5.41. The summed E-state index contributed by atoms with van der Waals surface area (Å²) in [5, 5.41) is 17.3. The van der Waals surface area contributed by atoms with Crippen molar-refractivity contribution in [2.24, 2.45) is 5.92 Å². The zero-order valence-corrected chi connectivity index (χ0v) is 15.6. The Morgan fingerprint density at radius 2 is 2.23 bits per heavy atom. The molecular weight excluding hydrogens is 333 g/mol. The second-order valence-corrected chi connectivity index (χ2v) is 7.55. The zero-order chi connectivity index (χ0) is 18.8. The summed E-state index contributed by atoms with van der Waals surface area (Å²) in [6, 6.07) is 4.97. The van der Waals surface area contributed by atoms with Crippen LogP contribution in [-0.2, 0) is 25.9 Å². The minimum atomic E-state index is -0.967. The Bertz CT molecular complexity index is 814. The minimum absolute atomic E-state index is 0.167. The van der Waals surface area contributed by atoms with Crippen LogP contribution in [0.5, 0.6) is 0 Å². The number of carboxylic acid groups (broad SMARTS) is 1. The van der Waals surface area contributed by atoms with Crippen molar-refractivity contribution in [2.75, 3.05) is 0 Å². The highest BCUT2D eigenvalue weighted by Crippen LogP contribution is 2.26. The fraction of sp³-hybridized carbons (Fsp3) is 0.500. The van der Waals surface area contributed by atoms with E-state index in [9.17, 15) is 14.3 Å². The monoisotopic (exact) mass is 359 g/mol. The molecule has 3 rings (SSSR count). The van der Waals surface area contributed by atoms with Crippen LogP contribution < -0.4 is 5.32 Å². The number of carboxylic acids is 1. The molecule has 0 bridgehead atoms. The number of carbonyl (C=O) groups is 1. The average molecular weight is 359 g/mol. The van der Waals surface area contributed by atoms with Crippen LogP contribution in [0.15, 0.2) is 18.2 Å². The van der Waals surface area contributed by atoms with Gasteiger partial charge in [0, 0.05) is 30.4 Å². The van der Waals surface area contributed by atoms with E-state index in [2.05, 4.69) is 24.3 Å². The van der Waals surface area contributed by atoms with Gasteiger partial charge in [0.25, 0.3) is 0 Å². The number of aryl methyl sites for hydroxylation is 1. The van der Waals surface area contributed by atoms with E-state index in [1.807, 2.05) is 11.6 Å². The zero-order valence-electron chi connectivity index (χ0n) is 15.6. The molecule has 1 aromatic carbocycles. The van der Waals surface area contributed by atoms with Crippen molar-refractivity contribution >= 4 is 5.97 Å². The lowest BCUT2D eigenvalue weighted by atomic mass is 9.91. The lowest BCUT2D eigenvalue weighted by molar-refractivity contribution is 0.0688. The summed E-state index contributed by atoms with van der Waals surface area (Å²) in [7, 11) is 0. The van der Waals surface area contributed by atoms with E-state index >= 15 is 0 Å². The first-order chi connectivity index (χ1) is 12.3. The predicted molar refractivity (Wildman–Crippen MR) is 97.8 cm³/mol. The molecule has 0 saturated heterocycles. The van der Waals surface area contributed by atoms with Gasteiger partial charge in [0.15, 0.2) is 5.69 Å². The van der Waals surface area contributed by atoms with Crippen molar-refractivity contribution in [3.05, 3.63) is 52.1 Å². The molecule has 2 aromatic rings. The van der Waals surface area contributed by atoms with Gasteiger partial charge in [-0.1, -0.05) is 19.9 Å². The molecule has 1 aliphatic carbocycles. The van der Waals surface area contributed by atoms with Gasteiger partial charge in [0.1, 0.15) is 5.82 Å². The Labute approximate surface area is 153 Å². The SMILES string of the molecule is Cc1ccc(F)cc1CN[C@@H]1CCc2c(c(C(=O)O)nn2CC(C)C)C1. The second kappa shape index (κ2) is 7.58.